The quantitative estimate of drug-likeness (QED) is 0.380. The van der Waals surface area contributed by atoms with Crippen LogP contribution in [0.5, 0.6) is 0 Å². The van der Waals surface area contributed by atoms with E-state index in [4.69, 9.17) is 0 Å². The van der Waals surface area contributed by atoms with E-state index < -0.39 is 0 Å². The van der Waals surface area contributed by atoms with Crippen molar-refractivity contribution in [1.82, 2.24) is 0 Å². The molecule has 0 aliphatic rings. The summed E-state index contributed by atoms with van der Waals surface area (Å²) in [6, 6.07) is 0. The molecular formula is C4H13Cl2P. The maximum Gasteiger partial charge on any atom is -0.0470 e. The maximum absolute atomic E-state index is 2.00. The molecule has 0 aromatic rings. The van der Waals surface area contributed by atoms with Crippen LogP contribution in [-0.4, -0.2) is 0 Å². The van der Waals surface area contributed by atoms with Crippen LogP contribution in [0.25, 0.3) is 0 Å². The van der Waals surface area contributed by atoms with Gasteiger partial charge in [0.15, 0.2) is 0 Å². The number of halogens is 2. The van der Waals surface area contributed by atoms with Crippen molar-refractivity contribution in [2.24, 2.45) is 0 Å². The summed E-state index contributed by atoms with van der Waals surface area (Å²) >= 11 is 0. The Morgan fingerprint density at radius 1 is 0.857 bits per heavy atom. The van der Waals surface area contributed by atoms with E-state index in [1.54, 1.807) is 0 Å². The highest BCUT2D eigenvalue weighted by Crippen LogP contribution is 1.57. The van der Waals surface area contributed by atoms with Gasteiger partial charge < -0.3 is 0 Å². The minimum atomic E-state index is 0. The Morgan fingerprint density at radius 2 is 1.00 bits per heavy atom. The van der Waals surface area contributed by atoms with Gasteiger partial charge in [0.2, 0.25) is 0 Å². The maximum atomic E-state index is 2.00. The van der Waals surface area contributed by atoms with Crippen LogP contribution < -0.4 is 0 Å². The molecule has 0 spiro atoms. The topological polar surface area (TPSA) is 0 Å². The van der Waals surface area contributed by atoms with E-state index in [-0.39, 0.29) is 34.7 Å². The number of hydrogen-bond acceptors (Lipinski definition) is 0. The fraction of sp³-hybridized carbons (Fsp3) is 0.500. The summed E-state index contributed by atoms with van der Waals surface area (Å²) in [5.41, 5.74) is 0. The molecule has 0 aromatic carbocycles. The molecule has 0 saturated heterocycles. The first-order valence-corrected chi connectivity index (χ1v) is 1.49. The lowest BCUT2D eigenvalue weighted by Gasteiger charge is -1.49. The summed E-state index contributed by atoms with van der Waals surface area (Å²) in [5, 5.41) is 0. The van der Waals surface area contributed by atoms with Crippen molar-refractivity contribution in [3.05, 3.63) is 12.2 Å². The molecule has 0 bridgehead atoms. The van der Waals surface area contributed by atoms with Gasteiger partial charge in [0.25, 0.3) is 0 Å². The van der Waals surface area contributed by atoms with E-state index in [1.165, 1.54) is 0 Å². The Balaban J connectivity index is -0.0000000150. The van der Waals surface area contributed by atoms with Gasteiger partial charge in [-0.1, -0.05) is 12.2 Å². The zero-order valence-electron chi connectivity index (χ0n) is 4.68. The highest BCUT2D eigenvalue weighted by molar-refractivity contribution is 6.92. The average molecular weight is 163 g/mol. The van der Waals surface area contributed by atoms with E-state index in [2.05, 4.69) is 0 Å². The smallest absolute Gasteiger partial charge is 0.0470 e. The van der Waals surface area contributed by atoms with Crippen molar-refractivity contribution >= 4 is 34.7 Å². The third-order valence-corrected chi connectivity index (χ3v) is 0.333. The molecule has 0 nitrogen and oxygen atoms in total. The minimum absolute atomic E-state index is 0. The molecule has 0 aromatic heterocycles. The summed E-state index contributed by atoms with van der Waals surface area (Å²) in [4.78, 5) is 0. The van der Waals surface area contributed by atoms with Crippen LogP contribution in [0.3, 0.4) is 0 Å². The highest BCUT2D eigenvalue weighted by Gasteiger charge is 1.34. The molecule has 0 aliphatic carbocycles. The molecule has 1 atom stereocenters. The van der Waals surface area contributed by atoms with Gasteiger partial charge in [-0.05, 0) is 13.8 Å². The van der Waals surface area contributed by atoms with E-state index in [1.807, 2.05) is 26.0 Å². The van der Waals surface area contributed by atoms with Gasteiger partial charge in [0.05, 0.1) is 0 Å². The molecule has 0 amide bonds. The molecule has 0 rings (SSSR count). The monoisotopic (exact) mass is 162 g/mol. The van der Waals surface area contributed by atoms with Crippen molar-refractivity contribution < 1.29 is 0 Å². The van der Waals surface area contributed by atoms with Gasteiger partial charge >= 0.3 is 0 Å². The van der Waals surface area contributed by atoms with Crippen LogP contribution in [0, 0.1) is 0 Å². The fourth-order valence-electron chi connectivity index (χ4n) is 0. The van der Waals surface area contributed by atoms with Crippen LogP contribution in [0.1, 0.15) is 13.8 Å². The molecule has 0 aliphatic heterocycles. The van der Waals surface area contributed by atoms with Gasteiger partial charge in [0, 0.05) is 0 Å². The molecule has 0 saturated carbocycles. The molecule has 3 heteroatoms. The lowest BCUT2D eigenvalue weighted by atomic mass is 10.6. The molecular weight excluding hydrogens is 150 g/mol. The van der Waals surface area contributed by atoms with Crippen molar-refractivity contribution in [3.8, 4) is 0 Å². The molecule has 0 radical (unpaired) electrons. The van der Waals surface area contributed by atoms with E-state index in [9.17, 15) is 0 Å². The zero-order valence-corrected chi connectivity index (χ0v) is 7.73. The molecule has 7 heavy (non-hydrogen) atoms. The standard InChI is InChI=1S/C4H8.2ClH.H3P/c1-3-4-2;;;/h3-4H,1-2H3;2*1H;1H3/b4-3+;;;. The lowest BCUT2D eigenvalue weighted by Crippen LogP contribution is -1.26. The first kappa shape index (κ1) is 25.1. The van der Waals surface area contributed by atoms with E-state index >= 15 is 0 Å². The Kier molecular flexibility index (Phi) is 106. The van der Waals surface area contributed by atoms with Crippen molar-refractivity contribution in [3.63, 3.8) is 0 Å². The van der Waals surface area contributed by atoms with Crippen LogP contribution in [-0.2, 0) is 0 Å². The lowest BCUT2D eigenvalue weighted by molar-refractivity contribution is 1.64. The normalized spacial score (nSPS) is 5.43. The van der Waals surface area contributed by atoms with Gasteiger partial charge in [-0.3, -0.25) is 0 Å². The summed E-state index contributed by atoms with van der Waals surface area (Å²) < 4.78 is 0. The Morgan fingerprint density at radius 3 is 1.00 bits per heavy atom. The van der Waals surface area contributed by atoms with Gasteiger partial charge in [0.1, 0.15) is 0 Å². The summed E-state index contributed by atoms with van der Waals surface area (Å²) in [5.74, 6) is 0. The molecule has 48 valence electrons. The van der Waals surface area contributed by atoms with Crippen molar-refractivity contribution in [2.45, 2.75) is 13.8 Å². The first-order valence-electron chi connectivity index (χ1n) is 1.49. The van der Waals surface area contributed by atoms with Crippen LogP contribution in [0.4, 0.5) is 0 Å². The number of rotatable bonds is 0. The Hall–Kier alpha value is 0.750. The molecule has 0 fully saturated rings. The SMILES string of the molecule is C/C=C/C.Cl.Cl.P. The van der Waals surface area contributed by atoms with Crippen LogP contribution >= 0.6 is 34.7 Å². The predicted octanol–water partition coefficient (Wildman–Crippen LogP) is 2.48. The second-order valence-electron chi connectivity index (χ2n) is 0.667. The second kappa shape index (κ2) is 29.5. The summed E-state index contributed by atoms with van der Waals surface area (Å²) in [6.07, 6.45) is 4.00. The summed E-state index contributed by atoms with van der Waals surface area (Å²) in [6.45, 7) is 4.00. The van der Waals surface area contributed by atoms with Crippen LogP contribution in [0.2, 0.25) is 0 Å². The van der Waals surface area contributed by atoms with Crippen LogP contribution in [0.15, 0.2) is 12.2 Å². The Bertz CT molecular complexity index is 24.9. The summed E-state index contributed by atoms with van der Waals surface area (Å²) in [7, 11) is 0. The molecule has 0 heterocycles. The first-order chi connectivity index (χ1) is 1.91. The average Bonchev–Trinajstić information content (AvgIpc) is 1.37. The van der Waals surface area contributed by atoms with Crippen molar-refractivity contribution in [2.75, 3.05) is 0 Å². The van der Waals surface area contributed by atoms with Gasteiger partial charge in [-0.2, -0.15) is 9.90 Å². The third-order valence-electron chi connectivity index (χ3n) is 0.333. The molecule has 1 unspecified atom stereocenters. The predicted molar refractivity (Wildman–Crippen MR) is 46.1 cm³/mol. The van der Waals surface area contributed by atoms with Gasteiger partial charge in [-0.25, -0.2) is 0 Å². The fourth-order valence-corrected chi connectivity index (χ4v) is 0. The highest BCUT2D eigenvalue weighted by atomic mass is 35.5. The zero-order chi connectivity index (χ0) is 3.41. The largest absolute Gasteiger partial charge is 0.153 e. The minimum Gasteiger partial charge on any atom is -0.153 e. The van der Waals surface area contributed by atoms with Crippen molar-refractivity contribution in [1.29, 1.82) is 0 Å². The molecule has 0 N–H and O–H groups in total. The second-order valence-corrected chi connectivity index (χ2v) is 0.667. The Labute approximate surface area is 61.2 Å². The number of allylic oxidation sites excluding steroid dienone is 2. The van der Waals surface area contributed by atoms with E-state index in [0.29, 0.717) is 0 Å². The third kappa shape index (κ3) is 49.7. The van der Waals surface area contributed by atoms with Gasteiger partial charge in [-0.15, -0.1) is 24.8 Å². The van der Waals surface area contributed by atoms with E-state index in [0.717, 1.165) is 0 Å². The number of hydrogen-bond donors (Lipinski definition) is 0.